The smallest absolute Gasteiger partial charge is 0.146 e. The van der Waals surface area contributed by atoms with E-state index < -0.39 is 0 Å². The van der Waals surface area contributed by atoms with Gasteiger partial charge in [0.15, 0.2) is 0 Å². The van der Waals surface area contributed by atoms with E-state index in [1.54, 1.807) is 12.4 Å². The first kappa shape index (κ1) is 11.0. The third-order valence-electron chi connectivity index (χ3n) is 3.38. The molecule has 3 heterocycles. The molecule has 0 saturated heterocycles. The van der Waals surface area contributed by atoms with Crippen LogP contribution in [0.25, 0.3) is 28.0 Å². The number of nitrogens with zero attached hydrogens (tertiary/aromatic N) is 3. The first-order chi connectivity index (χ1) is 9.92. The number of rotatable bonds is 2. The highest BCUT2D eigenvalue weighted by atomic mass is 15.1. The summed E-state index contributed by atoms with van der Waals surface area (Å²) in [6.45, 7) is 0. The summed E-state index contributed by atoms with van der Waals surface area (Å²) in [5.74, 6) is 0.893. The Kier molecular flexibility index (Phi) is 2.39. The van der Waals surface area contributed by atoms with Gasteiger partial charge in [-0.05, 0) is 35.7 Å². The van der Waals surface area contributed by atoms with E-state index >= 15 is 0 Å². The van der Waals surface area contributed by atoms with E-state index in [0.29, 0.717) is 0 Å². The summed E-state index contributed by atoms with van der Waals surface area (Å²) in [6.07, 6.45) is 9.31. The molecule has 0 radical (unpaired) electrons. The highest BCUT2D eigenvalue weighted by Crippen LogP contribution is 2.23. The molecule has 0 amide bonds. The summed E-state index contributed by atoms with van der Waals surface area (Å²) < 4.78 is 2.07. The molecule has 96 valence electrons. The number of benzene rings is 1. The monoisotopic (exact) mass is 260 g/mol. The van der Waals surface area contributed by atoms with Crippen molar-refractivity contribution in [2.75, 3.05) is 0 Å². The molecule has 0 atom stereocenters. The Morgan fingerprint density at radius 3 is 2.95 bits per heavy atom. The molecule has 4 heteroatoms. The largest absolute Gasteiger partial charge is 0.361 e. The molecule has 3 aromatic heterocycles. The van der Waals surface area contributed by atoms with Crippen LogP contribution in [0, 0.1) is 0 Å². The Labute approximate surface area is 115 Å². The Balaban J connectivity index is 1.88. The number of hydrogen-bond acceptors (Lipinski definition) is 2. The molecule has 0 spiro atoms. The van der Waals surface area contributed by atoms with Gasteiger partial charge in [-0.3, -0.25) is 9.55 Å². The second kappa shape index (κ2) is 4.35. The second-order valence-electron chi connectivity index (χ2n) is 4.61. The number of imidazole rings is 1. The first-order valence-electron chi connectivity index (χ1n) is 6.43. The zero-order chi connectivity index (χ0) is 13.4. The third-order valence-corrected chi connectivity index (χ3v) is 3.38. The van der Waals surface area contributed by atoms with E-state index in [2.05, 4.69) is 43.8 Å². The summed E-state index contributed by atoms with van der Waals surface area (Å²) in [4.78, 5) is 11.8. The lowest BCUT2D eigenvalue weighted by Gasteiger charge is -2.08. The minimum Gasteiger partial charge on any atom is -0.361 e. The van der Waals surface area contributed by atoms with Crippen molar-refractivity contribution in [1.29, 1.82) is 0 Å². The number of fused-ring (bicyclic) bond motifs is 1. The fraction of sp³-hybridized carbons (Fsp3) is 0. The minimum absolute atomic E-state index is 0.893. The Hall–Kier alpha value is -2.88. The van der Waals surface area contributed by atoms with E-state index in [-0.39, 0.29) is 0 Å². The summed E-state index contributed by atoms with van der Waals surface area (Å²) in [7, 11) is 0. The number of aromatic nitrogens is 4. The van der Waals surface area contributed by atoms with Crippen molar-refractivity contribution in [1.82, 2.24) is 19.5 Å². The Bertz CT molecular complexity index is 858. The first-order valence-corrected chi connectivity index (χ1v) is 6.43. The van der Waals surface area contributed by atoms with Crippen molar-refractivity contribution in [3.63, 3.8) is 0 Å². The summed E-state index contributed by atoms with van der Waals surface area (Å²) >= 11 is 0. The lowest BCUT2D eigenvalue weighted by atomic mass is 10.2. The van der Waals surface area contributed by atoms with Crippen molar-refractivity contribution in [3.05, 3.63) is 67.4 Å². The lowest BCUT2D eigenvalue weighted by molar-refractivity contribution is 1.07. The molecular weight excluding hydrogens is 248 g/mol. The fourth-order valence-electron chi connectivity index (χ4n) is 2.41. The molecule has 0 aliphatic heterocycles. The third kappa shape index (κ3) is 1.70. The number of H-pyrrole nitrogens is 1. The van der Waals surface area contributed by atoms with Gasteiger partial charge >= 0.3 is 0 Å². The maximum absolute atomic E-state index is 4.44. The van der Waals surface area contributed by atoms with Crippen LogP contribution in [0.3, 0.4) is 0 Å². The molecule has 0 aliphatic carbocycles. The van der Waals surface area contributed by atoms with Crippen LogP contribution in [0.2, 0.25) is 0 Å². The molecule has 0 unspecified atom stereocenters. The zero-order valence-corrected chi connectivity index (χ0v) is 10.7. The van der Waals surface area contributed by atoms with Crippen molar-refractivity contribution in [3.8, 4) is 17.1 Å². The highest BCUT2D eigenvalue weighted by molar-refractivity contribution is 5.81. The van der Waals surface area contributed by atoms with Crippen LogP contribution in [0.5, 0.6) is 0 Å². The molecule has 0 bridgehead atoms. The van der Waals surface area contributed by atoms with Gasteiger partial charge in [-0.2, -0.15) is 0 Å². The van der Waals surface area contributed by atoms with Gasteiger partial charge in [-0.1, -0.05) is 6.07 Å². The van der Waals surface area contributed by atoms with Gasteiger partial charge in [0.1, 0.15) is 5.82 Å². The van der Waals surface area contributed by atoms with Crippen LogP contribution in [0.4, 0.5) is 0 Å². The average Bonchev–Trinajstić information content (AvgIpc) is 3.16. The van der Waals surface area contributed by atoms with E-state index in [9.17, 15) is 0 Å². The lowest BCUT2D eigenvalue weighted by Crippen LogP contribution is -1.96. The number of hydrogen-bond donors (Lipinski definition) is 1. The molecule has 4 nitrogen and oxygen atoms in total. The molecule has 0 aliphatic rings. The molecule has 0 saturated carbocycles. The highest BCUT2D eigenvalue weighted by Gasteiger charge is 2.08. The standard InChI is InChI=1S/C16H12N4/c1-2-13(11-17-6-1)16-19-8-9-20(16)14-4-3-12-5-7-18-15(12)10-14/h1-11,18H. The quantitative estimate of drug-likeness (QED) is 0.600. The van der Waals surface area contributed by atoms with Gasteiger partial charge in [-0.15, -0.1) is 0 Å². The summed E-state index contributed by atoms with van der Waals surface area (Å²) in [6, 6.07) is 12.3. The van der Waals surface area contributed by atoms with Gasteiger partial charge in [0, 0.05) is 47.8 Å². The summed E-state index contributed by atoms with van der Waals surface area (Å²) in [5, 5.41) is 1.21. The number of nitrogens with one attached hydrogen (secondary N) is 1. The molecule has 4 rings (SSSR count). The van der Waals surface area contributed by atoms with Crippen LogP contribution >= 0.6 is 0 Å². The minimum atomic E-state index is 0.893. The topological polar surface area (TPSA) is 46.5 Å². The predicted octanol–water partition coefficient (Wildman–Crippen LogP) is 3.42. The van der Waals surface area contributed by atoms with Crippen molar-refractivity contribution < 1.29 is 0 Å². The van der Waals surface area contributed by atoms with Gasteiger partial charge in [-0.25, -0.2) is 4.98 Å². The maximum atomic E-state index is 4.44. The van der Waals surface area contributed by atoms with Gasteiger partial charge < -0.3 is 4.98 Å². The van der Waals surface area contributed by atoms with Crippen LogP contribution in [-0.2, 0) is 0 Å². The maximum Gasteiger partial charge on any atom is 0.146 e. The average molecular weight is 260 g/mol. The second-order valence-corrected chi connectivity index (χ2v) is 4.61. The normalized spacial score (nSPS) is 11.0. The van der Waals surface area contributed by atoms with Crippen LogP contribution in [0.1, 0.15) is 0 Å². The van der Waals surface area contributed by atoms with Gasteiger partial charge in [0.25, 0.3) is 0 Å². The SMILES string of the molecule is c1cncc(-c2nccn2-c2ccc3cc[nH]c3c2)c1. The van der Waals surface area contributed by atoms with Crippen LogP contribution in [-0.4, -0.2) is 19.5 Å². The molecular formula is C16H12N4. The van der Waals surface area contributed by atoms with Gasteiger partial charge in [0.05, 0.1) is 0 Å². The predicted molar refractivity (Wildman–Crippen MR) is 78.7 cm³/mol. The van der Waals surface area contributed by atoms with Gasteiger partial charge in [0.2, 0.25) is 0 Å². The van der Waals surface area contributed by atoms with Crippen molar-refractivity contribution in [2.24, 2.45) is 0 Å². The Morgan fingerprint density at radius 2 is 2.05 bits per heavy atom. The van der Waals surface area contributed by atoms with Crippen LogP contribution in [0.15, 0.2) is 67.4 Å². The Morgan fingerprint density at radius 1 is 1.05 bits per heavy atom. The van der Waals surface area contributed by atoms with E-state index in [4.69, 9.17) is 0 Å². The van der Waals surface area contributed by atoms with Crippen molar-refractivity contribution in [2.45, 2.75) is 0 Å². The fourth-order valence-corrected chi connectivity index (χ4v) is 2.41. The molecule has 1 N–H and O–H groups in total. The number of pyridine rings is 1. The number of aromatic amines is 1. The molecule has 0 fully saturated rings. The molecule has 20 heavy (non-hydrogen) atoms. The van der Waals surface area contributed by atoms with Crippen LogP contribution < -0.4 is 0 Å². The summed E-state index contributed by atoms with van der Waals surface area (Å²) in [5.41, 5.74) is 3.20. The molecule has 4 aromatic rings. The van der Waals surface area contributed by atoms with Crippen molar-refractivity contribution >= 4 is 10.9 Å². The van der Waals surface area contributed by atoms with E-state index in [1.165, 1.54) is 5.39 Å². The van der Waals surface area contributed by atoms with E-state index in [0.717, 1.165) is 22.6 Å². The van der Waals surface area contributed by atoms with E-state index in [1.807, 2.05) is 30.7 Å². The molecule has 1 aromatic carbocycles. The zero-order valence-electron chi connectivity index (χ0n) is 10.7.